The molecule has 0 aliphatic carbocycles. The molecule has 1 N–H and O–H groups in total. The van der Waals surface area contributed by atoms with Gasteiger partial charge in [0, 0.05) is 22.8 Å². The second kappa shape index (κ2) is 6.32. The molecule has 0 saturated carbocycles. The molecule has 0 spiro atoms. The van der Waals surface area contributed by atoms with Crippen molar-refractivity contribution in [2.24, 2.45) is 0 Å². The Kier molecular flexibility index (Phi) is 4.49. The van der Waals surface area contributed by atoms with Crippen molar-refractivity contribution in [1.82, 2.24) is 4.98 Å². The van der Waals surface area contributed by atoms with Gasteiger partial charge in [0.1, 0.15) is 0 Å². The van der Waals surface area contributed by atoms with Gasteiger partial charge in [0.15, 0.2) is 0 Å². The van der Waals surface area contributed by atoms with Gasteiger partial charge in [-0.1, -0.05) is 11.6 Å². The molecule has 108 valence electrons. The number of benzene rings is 1. The fraction of sp³-hybridized carbons (Fsp3) is 0.0714. The van der Waals surface area contributed by atoms with Crippen molar-refractivity contribution < 1.29 is 18.7 Å². The maximum Gasteiger partial charge on any atom is 0.340 e. The van der Waals surface area contributed by atoms with Crippen molar-refractivity contribution in [1.29, 1.82) is 0 Å². The summed E-state index contributed by atoms with van der Waals surface area (Å²) in [6, 6.07) is 6.69. The number of anilines is 1. The van der Waals surface area contributed by atoms with Crippen molar-refractivity contribution in [3.05, 3.63) is 58.6 Å². The van der Waals surface area contributed by atoms with Crippen LogP contribution in [0.3, 0.4) is 0 Å². The van der Waals surface area contributed by atoms with Crippen LogP contribution in [-0.4, -0.2) is 24.0 Å². The van der Waals surface area contributed by atoms with Gasteiger partial charge in [-0.2, -0.15) is 4.39 Å². The van der Waals surface area contributed by atoms with Gasteiger partial charge in [0.2, 0.25) is 5.95 Å². The SMILES string of the molecule is COC(=O)c1cc(Cl)ccc1NC(=O)c1ccnc(F)c1. The maximum atomic E-state index is 13.0. The molecule has 1 aromatic carbocycles. The number of ether oxygens (including phenoxy) is 1. The molecule has 5 nitrogen and oxygen atoms in total. The van der Waals surface area contributed by atoms with E-state index in [0.29, 0.717) is 5.02 Å². The molecule has 0 aliphatic rings. The minimum Gasteiger partial charge on any atom is -0.465 e. The molecule has 0 unspecified atom stereocenters. The molecule has 0 aliphatic heterocycles. The summed E-state index contributed by atoms with van der Waals surface area (Å²) in [6.07, 6.45) is 1.17. The number of rotatable bonds is 3. The zero-order chi connectivity index (χ0) is 15.4. The maximum absolute atomic E-state index is 13.0. The van der Waals surface area contributed by atoms with Gasteiger partial charge in [-0.05, 0) is 24.3 Å². The first kappa shape index (κ1) is 14.9. The quantitative estimate of drug-likeness (QED) is 0.699. The Morgan fingerprint density at radius 3 is 2.71 bits per heavy atom. The normalized spacial score (nSPS) is 10.0. The second-order valence-electron chi connectivity index (χ2n) is 4.00. The van der Waals surface area contributed by atoms with E-state index in [0.717, 1.165) is 6.07 Å². The molecule has 1 aromatic heterocycles. The van der Waals surface area contributed by atoms with Crippen LogP contribution in [0.4, 0.5) is 10.1 Å². The van der Waals surface area contributed by atoms with Crippen LogP contribution in [0.2, 0.25) is 5.02 Å². The zero-order valence-corrected chi connectivity index (χ0v) is 11.6. The summed E-state index contributed by atoms with van der Waals surface area (Å²) in [5.41, 5.74) is 0.398. The number of hydrogen-bond donors (Lipinski definition) is 1. The lowest BCUT2D eigenvalue weighted by Crippen LogP contribution is -2.15. The van der Waals surface area contributed by atoms with Gasteiger partial charge in [-0.15, -0.1) is 0 Å². The molecule has 21 heavy (non-hydrogen) atoms. The Labute approximate surface area is 124 Å². The highest BCUT2D eigenvalue weighted by molar-refractivity contribution is 6.31. The number of esters is 1. The number of carbonyl (C=O) groups is 2. The summed E-state index contributed by atoms with van der Waals surface area (Å²) in [5, 5.41) is 2.83. The average Bonchev–Trinajstić information content (AvgIpc) is 2.48. The summed E-state index contributed by atoms with van der Waals surface area (Å²) in [4.78, 5) is 27.0. The van der Waals surface area contributed by atoms with Crippen LogP contribution < -0.4 is 5.32 Å². The zero-order valence-electron chi connectivity index (χ0n) is 10.9. The van der Waals surface area contributed by atoms with Crippen molar-refractivity contribution >= 4 is 29.2 Å². The Morgan fingerprint density at radius 2 is 2.05 bits per heavy atom. The van der Waals surface area contributed by atoms with Gasteiger partial charge >= 0.3 is 5.97 Å². The Morgan fingerprint density at radius 1 is 1.29 bits per heavy atom. The molecule has 2 rings (SSSR count). The highest BCUT2D eigenvalue weighted by Crippen LogP contribution is 2.22. The summed E-state index contributed by atoms with van der Waals surface area (Å²) in [6.45, 7) is 0. The number of nitrogens with one attached hydrogen (secondary N) is 1. The van der Waals surface area contributed by atoms with Crippen molar-refractivity contribution in [2.75, 3.05) is 12.4 Å². The van der Waals surface area contributed by atoms with E-state index in [9.17, 15) is 14.0 Å². The molecule has 0 bridgehead atoms. The molecule has 0 radical (unpaired) electrons. The number of hydrogen-bond acceptors (Lipinski definition) is 4. The van der Waals surface area contributed by atoms with E-state index in [1.807, 2.05) is 0 Å². The number of halogens is 2. The highest BCUT2D eigenvalue weighted by Gasteiger charge is 2.15. The number of methoxy groups -OCH3 is 1. The fourth-order valence-corrected chi connectivity index (χ4v) is 1.81. The number of carbonyl (C=O) groups excluding carboxylic acids is 2. The summed E-state index contributed by atoms with van der Waals surface area (Å²) >= 11 is 5.81. The molecule has 0 saturated heterocycles. The largest absolute Gasteiger partial charge is 0.465 e. The first-order valence-electron chi connectivity index (χ1n) is 5.82. The lowest BCUT2D eigenvalue weighted by atomic mass is 10.1. The van der Waals surface area contributed by atoms with Crippen molar-refractivity contribution in [2.45, 2.75) is 0 Å². The van der Waals surface area contributed by atoms with Crippen molar-refractivity contribution in [3.63, 3.8) is 0 Å². The molecular formula is C14H10ClFN2O3. The van der Waals surface area contributed by atoms with Gasteiger partial charge in [-0.25, -0.2) is 9.78 Å². The molecule has 7 heteroatoms. The van der Waals surface area contributed by atoms with E-state index in [2.05, 4.69) is 15.0 Å². The molecule has 1 heterocycles. The average molecular weight is 309 g/mol. The third-order valence-electron chi connectivity index (χ3n) is 2.62. The van der Waals surface area contributed by atoms with Crippen LogP contribution in [0, 0.1) is 5.95 Å². The van der Waals surface area contributed by atoms with Crippen LogP contribution in [0.5, 0.6) is 0 Å². The predicted octanol–water partition coefficient (Wildman–Crippen LogP) is 2.91. The Balaban J connectivity index is 2.31. The first-order chi connectivity index (χ1) is 10.0. The lowest BCUT2D eigenvalue weighted by Gasteiger charge is -2.10. The number of aromatic nitrogens is 1. The van der Waals surface area contributed by atoms with Gasteiger partial charge in [0.25, 0.3) is 5.91 Å². The monoisotopic (exact) mass is 308 g/mol. The lowest BCUT2D eigenvalue weighted by molar-refractivity contribution is 0.0602. The summed E-state index contributed by atoms with van der Waals surface area (Å²) in [7, 11) is 1.22. The van der Waals surface area contributed by atoms with Crippen LogP contribution in [-0.2, 0) is 4.74 Å². The highest BCUT2D eigenvalue weighted by atomic mass is 35.5. The Hall–Kier alpha value is -2.47. The molecule has 0 atom stereocenters. The Bertz CT molecular complexity index is 706. The van der Waals surface area contributed by atoms with E-state index >= 15 is 0 Å². The van der Waals surface area contributed by atoms with E-state index in [1.165, 1.54) is 37.6 Å². The van der Waals surface area contributed by atoms with Crippen LogP contribution in [0.25, 0.3) is 0 Å². The van der Waals surface area contributed by atoms with Crippen LogP contribution >= 0.6 is 11.6 Å². The van der Waals surface area contributed by atoms with E-state index < -0.39 is 17.8 Å². The van der Waals surface area contributed by atoms with Crippen molar-refractivity contribution in [3.8, 4) is 0 Å². The fourth-order valence-electron chi connectivity index (χ4n) is 1.64. The van der Waals surface area contributed by atoms with Gasteiger partial charge < -0.3 is 10.1 Å². The standard InChI is InChI=1S/C14H10ClFN2O3/c1-21-14(20)10-7-9(15)2-3-11(10)18-13(19)8-4-5-17-12(16)6-8/h2-7H,1H3,(H,18,19). The molecule has 1 amide bonds. The van der Waals surface area contributed by atoms with E-state index in [1.54, 1.807) is 0 Å². The third-order valence-corrected chi connectivity index (χ3v) is 2.86. The summed E-state index contributed by atoms with van der Waals surface area (Å²) < 4.78 is 17.6. The summed E-state index contributed by atoms with van der Waals surface area (Å²) in [5.74, 6) is -2.00. The molecular weight excluding hydrogens is 299 g/mol. The third kappa shape index (κ3) is 3.55. The first-order valence-corrected chi connectivity index (χ1v) is 6.20. The van der Waals surface area contributed by atoms with Crippen LogP contribution in [0.1, 0.15) is 20.7 Å². The topological polar surface area (TPSA) is 68.3 Å². The smallest absolute Gasteiger partial charge is 0.340 e. The van der Waals surface area contributed by atoms with Gasteiger partial charge in [0.05, 0.1) is 18.4 Å². The van der Waals surface area contributed by atoms with Gasteiger partial charge in [-0.3, -0.25) is 4.79 Å². The van der Waals surface area contributed by atoms with Crippen LogP contribution in [0.15, 0.2) is 36.5 Å². The number of pyridine rings is 1. The molecule has 2 aromatic rings. The van der Waals surface area contributed by atoms with E-state index in [-0.39, 0.29) is 16.8 Å². The van der Waals surface area contributed by atoms with E-state index in [4.69, 9.17) is 11.6 Å². The number of nitrogens with zero attached hydrogens (tertiary/aromatic N) is 1. The minimum atomic E-state index is -0.771. The molecule has 0 fully saturated rings. The second-order valence-corrected chi connectivity index (χ2v) is 4.44. The predicted molar refractivity (Wildman–Crippen MR) is 74.9 cm³/mol. The number of amides is 1. The minimum absolute atomic E-state index is 0.0771.